The molecule has 0 atom stereocenters. The number of anilines is 1. The third-order valence-electron chi connectivity index (χ3n) is 3.12. The molecule has 2 aromatic carbocycles. The van der Waals surface area contributed by atoms with Crippen molar-refractivity contribution >= 4 is 33.4 Å². The summed E-state index contributed by atoms with van der Waals surface area (Å²) in [6.45, 7) is 2.37. The highest BCUT2D eigenvalue weighted by molar-refractivity contribution is 9.10. The smallest absolute Gasteiger partial charge is 0.313 e. The van der Waals surface area contributed by atoms with Gasteiger partial charge in [-0.25, -0.2) is 0 Å². The van der Waals surface area contributed by atoms with Gasteiger partial charge in [-0.05, 0) is 52.5 Å². The quantitative estimate of drug-likeness (QED) is 0.823. The van der Waals surface area contributed by atoms with Crippen LogP contribution in [0, 0.1) is 6.92 Å². The van der Waals surface area contributed by atoms with E-state index >= 15 is 0 Å². The molecule has 0 spiro atoms. The van der Waals surface area contributed by atoms with E-state index in [9.17, 15) is 9.59 Å². The molecule has 2 rings (SSSR count). The van der Waals surface area contributed by atoms with Gasteiger partial charge in [0.1, 0.15) is 0 Å². The fraction of sp³-hybridized carbons (Fsp3) is 0.176. The van der Waals surface area contributed by atoms with Gasteiger partial charge in [-0.3, -0.25) is 9.59 Å². The van der Waals surface area contributed by atoms with Gasteiger partial charge in [0.2, 0.25) is 0 Å². The Morgan fingerprint density at radius 3 is 2.45 bits per heavy atom. The summed E-state index contributed by atoms with van der Waals surface area (Å²) in [5, 5.41) is 5.20. The van der Waals surface area contributed by atoms with Crippen molar-refractivity contribution in [1.82, 2.24) is 5.32 Å². The number of carbonyl (C=O) groups is 2. The lowest BCUT2D eigenvalue weighted by atomic mass is 10.1. The molecule has 2 aromatic rings. The highest BCUT2D eigenvalue weighted by atomic mass is 79.9. The van der Waals surface area contributed by atoms with Crippen molar-refractivity contribution in [3.63, 3.8) is 0 Å². The minimum absolute atomic E-state index is 0.422. The Labute approximate surface area is 138 Å². The molecule has 2 amide bonds. The average Bonchev–Trinajstić information content (AvgIpc) is 2.51. The Kier molecular flexibility index (Phi) is 5.72. The van der Waals surface area contributed by atoms with E-state index in [1.165, 1.54) is 0 Å². The summed E-state index contributed by atoms with van der Waals surface area (Å²) in [7, 11) is 0. The van der Waals surface area contributed by atoms with Crippen LogP contribution in [0.3, 0.4) is 0 Å². The molecule has 0 saturated heterocycles. The maximum Gasteiger partial charge on any atom is 0.313 e. The predicted molar refractivity (Wildman–Crippen MR) is 90.7 cm³/mol. The number of carbonyl (C=O) groups excluding carboxylic acids is 2. The monoisotopic (exact) mass is 360 g/mol. The van der Waals surface area contributed by atoms with Gasteiger partial charge in [0.25, 0.3) is 0 Å². The number of hydrogen-bond acceptors (Lipinski definition) is 2. The molecule has 0 aliphatic heterocycles. The van der Waals surface area contributed by atoms with E-state index in [4.69, 9.17) is 0 Å². The van der Waals surface area contributed by atoms with Crippen LogP contribution in [-0.2, 0) is 16.0 Å². The zero-order chi connectivity index (χ0) is 15.9. The fourth-order valence-electron chi connectivity index (χ4n) is 1.95. The molecule has 2 N–H and O–H groups in total. The van der Waals surface area contributed by atoms with Gasteiger partial charge in [0.15, 0.2) is 0 Å². The summed E-state index contributed by atoms with van der Waals surface area (Å²) in [4.78, 5) is 23.6. The van der Waals surface area contributed by atoms with Gasteiger partial charge >= 0.3 is 11.8 Å². The number of benzene rings is 2. The second-order valence-corrected chi connectivity index (χ2v) is 5.78. The molecule has 0 unspecified atom stereocenters. The molecule has 22 heavy (non-hydrogen) atoms. The van der Waals surface area contributed by atoms with E-state index in [0.717, 1.165) is 15.6 Å². The van der Waals surface area contributed by atoms with Crippen LogP contribution in [-0.4, -0.2) is 18.4 Å². The molecule has 0 saturated carbocycles. The first kappa shape index (κ1) is 16.2. The third kappa shape index (κ3) is 4.70. The van der Waals surface area contributed by atoms with Crippen molar-refractivity contribution in [3.05, 3.63) is 64.1 Å². The summed E-state index contributed by atoms with van der Waals surface area (Å²) in [6, 6.07) is 15.3. The largest absolute Gasteiger partial charge is 0.347 e. The fourth-order valence-corrected chi connectivity index (χ4v) is 2.54. The topological polar surface area (TPSA) is 58.2 Å². The van der Waals surface area contributed by atoms with Crippen molar-refractivity contribution in [2.45, 2.75) is 13.3 Å². The Morgan fingerprint density at radius 1 is 1.05 bits per heavy atom. The lowest BCUT2D eigenvalue weighted by Crippen LogP contribution is -2.36. The van der Waals surface area contributed by atoms with Gasteiger partial charge in [0, 0.05) is 11.0 Å². The Morgan fingerprint density at radius 2 is 1.77 bits per heavy atom. The van der Waals surface area contributed by atoms with Crippen molar-refractivity contribution in [2.24, 2.45) is 0 Å². The molecular formula is C17H17BrN2O2. The van der Waals surface area contributed by atoms with Crippen LogP contribution in [0.1, 0.15) is 11.1 Å². The summed E-state index contributed by atoms with van der Waals surface area (Å²) in [5.74, 6) is -1.30. The van der Waals surface area contributed by atoms with E-state index in [1.54, 1.807) is 6.07 Å². The van der Waals surface area contributed by atoms with Crippen molar-refractivity contribution < 1.29 is 9.59 Å². The molecule has 4 nitrogen and oxygen atoms in total. The zero-order valence-corrected chi connectivity index (χ0v) is 13.8. The first-order valence-electron chi connectivity index (χ1n) is 6.95. The maximum atomic E-state index is 11.8. The molecule has 0 aliphatic rings. The van der Waals surface area contributed by atoms with Crippen molar-refractivity contribution in [1.29, 1.82) is 0 Å². The summed E-state index contributed by atoms with van der Waals surface area (Å²) >= 11 is 3.36. The predicted octanol–water partition coefficient (Wildman–Crippen LogP) is 3.05. The first-order valence-corrected chi connectivity index (χ1v) is 7.75. The number of nitrogens with one attached hydrogen (secondary N) is 2. The number of halogens is 1. The zero-order valence-electron chi connectivity index (χ0n) is 12.2. The second kappa shape index (κ2) is 7.75. The van der Waals surface area contributed by atoms with E-state index in [0.29, 0.717) is 18.7 Å². The minimum atomic E-state index is -0.669. The van der Waals surface area contributed by atoms with Gasteiger partial charge in [-0.15, -0.1) is 0 Å². The molecule has 0 fully saturated rings. The molecule has 0 heterocycles. The average molecular weight is 361 g/mol. The van der Waals surface area contributed by atoms with Crippen molar-refractivity contribution in [2.75, 3.05) is 11.9 Å². The minimum Gasteiger partial charge on any atom is -0.347 e. The highest BCUT2D eigenvalue weighted by Gasteiger charge is 2.14. The SMILES string of the molecule is Cc1ccc(NC(=O)C(=O)NCCc2ccccc2)c(Br)c1. The standard InChI is InChI=1S/C17H17BrN2O2/c1-12-7-8-15(14(18)11-12)20-17(22)16(21)19-10-9-13-5-3-2-4-6-13/h2-8,11H,9-10H2,1H3,(H,19,21)(H,20,22). The molecule has 114 valence electrons. The van der Waals surface area contributed by atoms with E-state index in [-0.39, 0.29) is 0 Å². The Balaban J connectivity index is 1.83. The Bertz CT molecular complexity index is 672. The second-order valence-electron chi connectivity index (χ2n) is 4.93. The molecular weight excluding hydrogens is 344 g/mol. The molecule has 0 radical (unpaired) electrons. The van der Waals surface area contributed by atoms with Crippen LogP contribution in [0.15, 0.2) is 53.0 Å². The maximum absolute atomic E-state index is 11.8. The normalized spacial score (nSPS) is 10.1. The van der Waals surface area contributed by atoms with Crippen LogP contribution in [0.2, 0.25) is 0 Å². The van der Waals surface area contributed by atoms with Crippen LogP contribution < -0.4 is 10.6 Å². The van der Waals surface area contributed by atoms with Crippen LogP contribution in [0.5, 0.6) is 0 Å². The highest BCUT2D eigenvalue weighted by Crippen LogP contribution is 2.23. The van der Waals surface area contributed by atoms with Gasteiger partial charge in [-0.2, -0.15) is 0 Å². The third-order valence-corrected chi connectivity index (χ3v) is 3.78. The number of aryl methyl sites for hydroxylation is 1. The van der Waals surface area contributed by atoms with E-state index < -0.39 is 11.8 Å². The first-order chi connectivity index (χ1) is 10.6. The molecule has 5 heteroatoms. The molecule has 0 aliphatic carbocycles. The van der Waals surface area contributed by atoms with E-state index in [1.807, 2.05) is 49.4 Å². The molecule has 0 aromatic heterocycles. The number of rotatable bonds is 4. The van der Waals surface area contributed by atoms with E-state index in [2.05, 4.69) is 26.6 Å². The summed E-state index contributed by atoms with van der Waals surface area (Å²) in [5.41, 5.74) is 2.76. The Hall–Kier alpha value is -2.14. The number of hydrogen-bond donors (Lipinski definition) is 2. The lowest BCUT2D eigenvalue weighted by Gasteiger charge is -2.08. The lowest BCUT2D eigenvalue weighted by molar-refractivity contribution is -0.136. The molecule has 0 bridgehead atoms. The van der Waals surface area contributed by atoms with Crippen molar-refractivity contribution in [3.8, 4) is 0 Å². The van der Waals surface area contributed by atoms with Gasteiger partial charge in [-0.1, -0.05) is 36.4 Å². The van der Waals surface area contributed by atoms with Gasteiger partial charge < -0.3 is 10.6 Å². The van der Waals surface area contributed by atoms with Crippen LogP contribution in [0.4, 0.5) is 5.69 Å². The summed E-state index contributed by atoms with van der Waals surface area (Å²) in [6.07, 6.45) is 0.689. The summed E-state index contributed by atoms with van der Waals surface area (Å²) < 4.78 is 0.748. The number of amides is 2. The van der Waals surface area contributed by atoms with Gasteiger partial charge in [0.05, 0.1) is 5.69 Å². The van der Waals surface area contributed by atoms with Crippen LogP contribution >= 0.6 is 15.9 Å². The van der Waals surface area contributed by atoms with Crippen LogP contribution in [0.25, 0.3) is 0 Å².